The summed E-state index contributed by atoms with van der Waals surface area (Å²) in [6.45, 7) is 2.37. The summed E-state index contributed by atoms with van der Waals surface area (Å²) >= 11 is 7.26. The Kier molecular flexibility index (Phi) is 5.71. The van der Waals surface area contributed by atoms with Crippen LogP contribution in [0.1, 0.15) is 13.3 Å². The van der Waals surface area contributed by atoms with E-state index in [1.165, 1.54) is 0 Å². The van der Waals surface area contributed by atoms with Gasteiger partial charge >= 0.3 is 0 Å². The summed E-state index contributed by atoms with van der Waals surface area (Å²) in [7, 11) is -3.62. The minimum atomic E-state index is -3.62. The van der Waals surface area contributed by atoms with Crippen LogP contribution in [0.25, 0.3) is 0 Å². The smallest absolute Gasteiger partial charge is 0.266 e. The molecule has 8 heteroatoms. The van der Waals surface area contributed by atoms with E-state index in [1.807, 2.05) is 13.2 Å². The number of halogens is 1. The number of H-pyrrole nitrogens is 1. The molecule has 18 heavy (non-hydrogen) atoms. The van der Waals surface area contributed by atoms with Gasteiger partial charge in [-0.1, -0.05) is 18.5 Å². The normalized spacial score (nSPS) is 13.5. The van der Waals surface area contributed by atoms with Crippen molar-refractivity contribution in [3.63, 3.8) is 0 Å². The molecular weight excluding hydrogens is 296 g/mol. The first kappa shape index (κ1) is 15.6. The van der Waals surface area contributed by atoms with Crippen LogP contribution in [0.2, 0.25) is 5.02 Å². The van der Waals surface area contributed by atoms with E-state index in [9.17, 15) is 13.2 Å². The van der Waals surface area contributed by atoms with Gasteiger partial charge in [0.05, 0.1) is 4.90 Å². The Morgan fingerprint density at radius 1 is 1.56 bits per heavy atom. The second kappa shape index (κ2) is 6.60. The summed E-state index contributed by atoms with van der Waals surface area (Å²) in [5, 5.41) is 0.238. The molecule has 0 saturated heterocycles. The van der Waals surface area contributed by atoms with Crippen LogP contribution in [0.5, 0.6) is 0 Å². The molecule has 1 aromatic heterocycles. The zero-order valence-corrected chi connectivity index (χ0v) is 12.5. The second-order valence-corrected chi connectivity index (χ2v) is 7.20. The van der Waals surface area contributed by atoms with Crippen molar-refractivity contribution in [3.8, 4) is 0 Å². The summed E-state index contributed by atoms with van der Waals surface area (Å²) in [5.41, 5.74) is -0.508. The van der Waals surface area contributed by atoms with Gasteiger partial charge in [0.2, 0.25) is 10.0 Å². The summed E-state index contributed by atoms with van der Waals surface area (Å²) < 4.78 is 26.2. The van der Waals surface area contributed by atoms with E-state index < -0.39 is 15.6 Å². The van der Waals surface area contributed by atoms with E-state index in [-0.39, 0.29) is 9.92 Å². The number of pyridine rings is 1. The molecule has 0 aliphatic carbocycles. The number of rotatable bonds is 6. The first-order valence-corrected chi connectivity index (χ1v) is 8.42. The molecule has 1 heterocycles. The molecule has 5 nitrogen and oxygen atoms in total. The van der Waals surface area contributed by atoms with Gasteiger partial charge in [0.25, 0.3) is 5.56 Å². The highest BCUT2D eigenvalue weighted by atomic mass is 35.5. The van der Waals surface area contributed by atoms with Crippen molar-refractivity contribution in [1.82, 2.24) is 9.71 Å². The van der Waals surface area contributed by atoms with Crippen molar-refractivity contribution in [3.05, 3.63) is 27.6 Å². The minimum Gasteiger partial charge on any atom is -0.326 e. The lowest BCUT2D eigenvalue weighted by Gasteiger charge is -2.09. The third kappa shape index (κ3) is 4.31. The fraction of sp³-hybridized carbons (Fsp3) is 0.500. The van der Waals surface area contributed by atoms with Crippen molar-refractivity contribution in [2.24, 2.45) is 0 Å². The highest BCUT2D eigenvalue weighted by Gasteiger charge is 2.15. The Morgan fingerprint density at radius 2 is 2.22 bits per heavy atom. The van der Waals surface area contributed by atoms with Crippen LogP contribution in [-0.4, -0.2) is 31.5 Å². The first-order valence-electron chi connectivity index (χ1n) is 5.27. The largest absolute Gasteiger partial charge is 0.326 e. The molecule has 0 saturated carbocycles. The number of aromatic nitrogens is 1. The van der Waals surface area contributed by atoms with Gasteiger partial charge in [-0.25, -0.2) is 13.1 Å². The maximum atomic E-state index is 11.9. The lowest BCUT2D eigenvalue weighted by atomic mass is 10.3. The summed E-state index contributed by atoms with van der Waals surface area (Å²) in [4.78, 5) is 13.3. The lowest BCUT2D eigenvalue weighted by Crippen LogP contribution is -2.27. The predicted molar refractivity (Wildman–Crippen MR) is 74.9 cm³/mol. The number of hydrogen-bond acceptors (Lipinski definition) is 4. The van der Waals surface area contributed by atoms with Crippen LogP contribution in [0, 0.1) is 0 Å². The van der Waals surface area contributed by atoms with E-state index in [0.29, 0.717) is 11.8 Å². The van der Waals surface area contributed by atoms with E-state index in [0.717, 1.165) is 18.7 Å². The van der Waals surface area contributed by atoms with Crippen LogP contribution in [0.4, 0.5) is 0 Å². The topological polar surface area (TPSA) is 79.0 Å². The van der Waals surface area contributed by atoms with Crippen LogP contribution in [0.15, 0.2) is 22.0 Å². The fourth-order valence-corrected chi connectivity index (χ4v) is 2.82. The zero-order valence-electron chi connectivity index (χ0n) is 10.1. The lowest BCUT2D eigenvalue weighted by molar-refractivity contribution is 0.578. The number of nitrogens with one attached hydrogen (secondary N) is 2. The molecule has 102 valence electrons. The molecule has 0 bridgehead atoms. The number of hydrogen-bond donors (Lipinski definition) is 2. The summed E-state index contributed by atoms with van der Waals surface area (Å²) in [5.74, 6) is 0. The monoisotopic (exact) mass is 310 g/mol. The maximum absolute atomic E-state index is 11.9. The molecule has 0 aliphatic rings. The van der Waals surface area contributed by atoms with Crippen molar-refractivity contribution in [1.29, 1.82) is 0 Å². The first-order chi connectivity index (χ1) is 8.36. The predicted octanol–water partition coefficient (Wildman–Crippen LogP) is 1.45. The minimum absolute atomic E-state index is 0.0381. The van der Waals surface area contributed by atoms with Crippen molar-refractivity contribution in [2.45, 2.75) is 23.5 Å². The Morgan fingerprint density at radius 3 is 2.78 bits per heavy atom. The molecule has 1 atom stereocenters. The van der Waals surface area contributed by atoms with Gasteiger partial charge in [-0.2, -0.15) is 11.8 Å². The van der Waals surface area contributed by atoms with Crippen molar-refractivity contribution in [2.75, 3.05) is 12.8 Å². The Balaban J connectivity index is 2.74. The quantitative estimate of drug-likeness (QED) is 0.833. The highest BCUT2D eigenvalue weighted by Crippen LogP contribution is 2.12. The van der Waals surface area contributed by atoms with Gasteiger partial charge in [0.1, 0.15) is 5.02 Å². The molecule has 0 radical (unpaired) electrons. The van der Waals surface area contributed by atoms with Gasteiger partial charge in [-0.15, -0.1) is 0 Å². The highest BCUT2D eigenvalue weighted by molar-refractivity contribution is 7.99. The van der Waals surface area contributed by atoms with Gasteiger partial charge in [-0.05, 0) is 18.7 Å². The van der Waals surface area contributed by atoms with Crippen molar-refractivity contribution < 1.29 is 8.42 Å². The second-order valence-electron chi connectivity index (χ2n) is 3.75. The third-order valence-electron chi connectivity index (χ3n) is 2.39. The van der Waals surface area contributed by atoms with Gasteiger partial charge in [-0.3, -0.25) is 4.79 Å². The van der Waals surface area contributed by atoms with Crippen LogP contribution < -0.4 is 10.3 Å². The molecule has 0 fully saturated rings. The van der Waals surface area contributed by atoms with E-state index in [4.69, 9.17) is 11.6 Å². The average Bonchev–Trinajstić information content (AvgIpc) is 2.32. The zero-order chi connectivity index (χ0) is 13.8. The third-order valence-corrected chi connectivity index (χ3v) is 5.15. The fourth-order valence-electron chi connectivity index (χ4n) is 1.19. The van der Waals surface area contributed by atoms with E-state index in [1.54, 1.807) is 11.8 Å². The molecule has 0 amide bonds. The van der Waals surface area contributed by atoms with Crippen LogP contribution >= 0.6 is 23.4 Å². The molecule has 0 aromatic carbocycles. The summed E-state index contributed by atoms with van der Waals surface area (Å²) in [6, 6.07) is 1.14. The number of sulfonamides is 1. The molecule has 0 spiro atoms. The Bertz CT molecular complexity index is 556. The summed E-state index contributed by atoms with van der Waals surface area (Å²) in [6.07, 6.45) is 3.84. The van der Waals surface area contributed by atoms with Crippen LogP contribution in [-0.2, 0) is 10.0 Å². The van der Waals surface area contributed by atoms with Gasteiger partial charge < -0.3 is 4.98 Å². The van der Waals surface area contributed by atoms with E-state index >= 15 is 0 Å². The molecule has 1 rings (SSSR count). The maximum Gasteiger partial charge on any atom is 0.266 e. The Labute approximate surface area is 115 Å². The van der Waals surface area contributed by atoms with Gasteiger partial charge in [0.15, 0.2) is 0 Å². The Hall–Kier alpha value is -0.500. The number of aromatic amines is 1. The number of thioether (sulfide) groups is 1. The molecule has 0 aliphatic heterocycles. The van der Waals surface area contributed by atoms with Gasteiger partial charge in [0, 0.05) is 18.0 Å². The molecule has 2 N–H and O–H groups in total. The van der Waals surface area contributed by atoms with E-state index in [2.05, 4.69) is 9.71 Å². The van der Waals surface area contributed by atoms with Crippen molar-refractivity contribution >= 4 is 33.4 Å². The van der Waals surface area contributed by atoms with Crippen LogP contribution in [0.3, 0.4) is 0 Å². The molecule has 1 aromatic rings. The molecule has 1 unspecified atom stereocenters. The SMILES string of the molecule is CSC(C)CCNS(=O)(=O)c1c[nH]c(=O)c(Cl)c1. The average molecular weight is 311 g/mol. The standard InChI is InChI=1S/C10H15ClN2O3S2/c1-7(17-2)3-4-13-18(15,16)8-5-9(11)10(14)12-6-8/h5-7,13H,3-4H2,1-2H3,(H,12,14). The molecular formula is C10H15ClN2O3S2.